The first-order valence-electron chi connectivity index (χ1n) is 6.45. The van der Waals surface area contributed by atoms with Crippen LogP contribution in [0.3, 0.4) is 0 Å². The van der Waals surface area contributed by atoms with Gasteiger partial charge in [0.1, 0.15) is 18.0 Å². The minimum absolute atomic E-state index is 0.0403. The number of nitro benzene ring substituents is 1. The van der Waals surface area contributed by atoms with Gasteiger partial charge >= 0.3 is 0 Å². The summed E-state index contributed by atoms with van der Waals surface area (Å²) in [6.45, 7) is 2.96. The van der Waals surface area contributed by atoms with E-state index in [9.17, 15) is 10.1 Å². The van der Waals surface area contributed by atoms with Gasteiger partial charge in [0.25, 0.3) is 5.69 Å². The zero-order chi connectivity index (χ0) is 13.9. The number of rotatable bonds is 2. The van der Waals surface area contributed by atoms with E-state index in [2.05, 4.69) is 0 Å². The predicted octanol–water partition coefficient (Wildman–Crippen LogP) is 1.56. The Bertz CT molecular complexity index is 584. The highest BCUT2D eigenvalue weighted by molar-refractivity contribution is 5.49. The van der Waals surface area contributed by atoms with E-state index >= 15 is 0 Å². The van der Waals surface area contributed by atoms with Crippen molar-refractivity contribution in [2.45, 2.75) is 31.0 Å². The first-order chi connectivity index (χ1) is 9.59. The molecule has 3 unspecified atom stereocenters. The van der Waals surface area contributed by atoms with Crippen molar-refractivity contribution in [3.8, 4) is 5.75 Å². The van der Waals surface area contributed by atoms with Gasteiger partial charge in [0.05, 0.1) is 18.1 Å². The average Bonchev–Trinajstić information content (AvgIpc) is 3.06. The summed E-state index contributed by atoms with van der Waals surface area (Å²) in [5, 5.41) is 10.8. The van der Waals surface area contributed by atoms with Crippen LogP contribution < -0.4 is 4.74 Å². The topological polar surface area (TPSA) is 83.4 Å². The van der Waals surface area contributed by atoms with Gasteiger partial charge in [0.2, 0.25) is 0 Å². The van der Waals surface area contributed by atoms with Gasteiger partial charge in [-0.3, -0.25) is 10.1 Å². The van der Waals surface area contributed by atoms with Gasteiger partial charge in [0.15, 0.2) is 11.9 Å². The Morgan fingerprint density at radius 2 is 2.10 bits per heavy atom. The van der Waals surface area contributed by atoms with Gasteiger partial charge in [-0.15, -0.1) is 0 Å². The van der Waals surface area contributed by atoms with Crippen LogP contribution in [0.4, 0.5) is 5.69 Å². The summed E-state index contributed by atoms with van der Waals surface area (Å²) >= 11 is 0. The van der Waals surface area contributed by atoms with E-state index in [1.54, 1.807) is 6.07 Å². The van der Waals surface area contributed by atoms with E-state index in [0.29, 0.717) is 19.0 Å². The van der Waals surface area contributed by atoms with Crippen molar-refractivity contribution in [3.63, 3.8) is 0 Å². The molecule has 7 heteroatoms. The Hall–Kier alpha value is -1.70. The lowest BCUT2D eigenvalue weighted by atomic mass is 9.91. The molecule has 7 nitrogen and oxygen atoms in total. The van der Waals surface area contributed by atoms with Crippen molar-refractivity contribution in [1.82, 2.24) is 0 Å². The zero-order valence-electron chi connectivity index (χ0n) is 10.8. The first kappa shape index (κ1) is 12.1. The van der Waals surface area contributed by atoms with Crippen LogP contribution in [0.25, 0.3) is 0 Å². The summed E-state index contributed by atoms with van der Waals surface area (Å²) in [4.78, 5) is 10.4. The van der Waals surface area contributed by atoms with Crippen molar-refractivity contribution in [1.29, 1.82) is 0 Å². The Morgan fingerprint density at radius 3 is 2.80 bits per heavy atom. The standard InChI is InChI=1S/C13H13NO6/c1-13(12-17-4-5-18-12)11-10(19-11)8-6-7(14(15)16)2-3-9(8)20-13/h2-3,6,10-12H,4-5H2,1H3. The highest BCUT2D eigenvalue weighted by Crippen LogP contribution is 2.56. The average molecular weight is 279 g/mol. The second kappa shape index (κ2) is 3.91. The Labute approximate surface area is 114 Å². The molecule has 20 heavy (non-hydrogen) atoms. The molecule has 2 saturated heterocycles. The third kappa shape index (κ3) is 1.57. The summed E-state index contributed by atoms with van der Waals surface area (Å²) < 4.78 is 22.7. The fourth-order valence-corrected chi connectivity index (χ4v) is 2.92. The molecule has 3 aliphatic heterocycles. The number of benzene rings is 1. The maximum atomic E-state index is 10.8. The van der Waals surface area contributed by atoms with Crippen molar-refractivity contribution >= 4 is 5.69 Å². The van der Waals surface area contributed by atoms with Crippen molar-refractivity contribution in [2.24, 2.45) is 0 Å². The maximum absolute atomic E-state index is 10.8. The van der Waals surface area contributed by atoms with Crippen molar-refractivity contribution < 1.29 is 23.9 Å². The molecule has 4 rings (SSSR count). The molecule has 0 spiro atoms. The maximum Gasteiger partial charge on any atom is 0.270 e. The quantitative estimate of drug-likeness (QED) is 0.464. The van der Waals surface area contributed by atoms with Crippen LogP contribution in [0.1, 0.15) is 18.6 Å². The molecule has 3 aliphatic rings. The van der Waals surface area contributed by atoms with Crippen molar-refractivity contribution in [2.75, 3.05) is 13.2 Å². The third-order valence-electron chi connectivity index (χ3n) is 3.99. The summed E-state index contributed by atoms with van der Waals surface area (Å²) in [6, 6.07) is 4.55. The Balaban J connectivity index is 1.70. The lowest BCUT2D eigenvalue weighted by Gasteiger charge is -2.36. The number of ether oxygens (including phenoxy) is 4. The highest BCUT2D eigenvalue weighted by atomic mass is 16.7. The van der Waals surface area contributed by atoms with Gasteiger partial charge in [0, 0.05) is 17.7 Å². The molecular formula is C13H13NO6. The SMILES string of the molecule is CC1(C2OCCO2)Oc2ccc([N+](=O)[O-])cc2C2OC21. The van der Waals surface area contributed by atoms with E-state index in [0.717, 1.165) is 5.56 Å². The van der Waals surface area contributed by atoms with Gasteiger partial charge in [-0.05, 0) is 13.0 Å². The Kier molecular flexibility index (Phi) is 2.36. The van der Waals surface area contributed by atoms with E-state index < -0.39 is 16.8 Å². The smallest absolute Gasteiger partial charge is 0.270 e. The van der Waals surface area contributed by atoms with E-state index in [4.69, 9.17) is 18.9 Å². The molecule has 0 radical (unpaired) electrons. The fraction of sp³-hybridized carbons (Fsp3) is 0.538. The molecule has 0 saturated carbocycles. The van der Waals surface area contributed by atoms with Crippen LogP contribution in [0.2, 0.25) is 0 Å². The fourth-order valence-electron chi connectivity index (χ4n) is 2.92. The number of fused-ring (bicyclic) bond motifs is 3. The molecule has 0 aromatic heterocycles. The minimum atomic E-state index is -0.718. The molecule has 1 aromatic rings. The lowest BCUT2D eigenvalue weighted by molar-refractivity contribution is -0.385. The summed E-state index contributed by atoms with van der Waals surface area (Å²) in [7, 11) is 0. The van der Waals surface area contributed by atoms with Crippen LogP contribution in [0.15, 0.2) is 18.2 Å². The number of nitro groups is 1. The molecular weight excluding hydrogens is 266 g/mol. The van der Waals surface area contributed by atoms with Gasteiger partial charge in [-0.2, -0.15) is 0 Å². The van der Waals surface area contributed by atoms with Crippen LogP contribution >= 0.6 is 0 Å². The Morgan fingerprint density at radius 1 is 1.35 bits per heavy atom. The highest BCUT2D eigenvalue weighted by Gasteiger charge is 2.64. The van der Waals surface area contributed by atoms with Crippen LogP contribution in [0, 0.1) is 10.1 Å². The summed E-state index contributed by atoms with van der Waals surface area (Å²) in [5.74, 6) is 0.593. The van der Waals surface area contributed by atoms with E-state index in [-0.39, 0.29) is 17.9 Å². The number of non-ortho nitro benzene ring substituents is 1. The van der Waals surface area contributed by atoms with Gasteiger partial charge in [-0.25, -0.2) is 0 Å². The molecule has 3 heterocycles. The molecule has 106 valence electrons. The van der Waals surface area contributed by atoms with Crippen LogP contribution in [-0.2, 0) is 14.2 Å². The molecule has 0 aliphatic carbocycles. The molecule has 1 aromatic carbocycles. The molecule has 3 atom stereocenters. The van der Waals surface area contributed by atoms with E-state index in [1.807, 2.05) is 6.92 Å². The van der Waals surface area contributed by atoms with Gasteiger partial charge < -0.3 is 18.9 Å². The minimum Gasteiger partial charge on any atom is -0.479 e. The molecule has 0 bridgehead atoms. The first-order valence-corrected chi connectivity index (χ1v) is 6.45. The molecule has 2 fully saturated rings. The summed E-state index contributed by atoms with van der Waals surface area (Å²) in [6.07, 6.45) is -0.850. The normalized spacial score (nSPS) is 35.0. The largest absolute Gasteiger partial charge is 0.479 e. The second-order valence-corrected chi connectivity index (χ2v) is 5.32. The van der Waals surface area contributed by atoms with Crippen LogP contribution in [0.5, 0.6) is 5.75 Å². The van der Waals surface area contributed by atoms with Gasteiger partial charge in [-0.1, -0.05) is 0 Å². The monoisotopic (exact) mass is 279 g/mol. The third-order valence-corrected chi connectivity index (χ3v) is 3.99. The zero-order valence-corrected chi connectivity index (χ0v) is 10.8. The van der Waals surface area contributed by atoms with Crippen molar-refractivity contribution in [3.05, 3.63) is 33.9 Å². The molecule has 0 amide bonds. The summed E-state index contributed by atoms with van der Waals surface area (Å²) in [5.41, 5.74) is 0.0443. The number of hydrogen-bond donors (Lipinski definition) is 0. The molecule has 0 N–H and O–H groups in total. The lowest BCUT2D eigenvalue weighted by Crippen LogP contribution is -2.52. The number of hydrogen-bond acceptors (Lipinski definition) is 6. The number of nitrogens with zero attached hydrogens (tertiary/aromatic N) is 1. The predicted molar refractivity (Wildman–Crippen MR) is 65.4 cm³/mol. The van der Waals surface area contributed by atoms with E-state index in [1.165, 1.54) is 12.1 Å². The van der Waals surface area contributed by atoms with Crippen LogP contribution in [-0.4, -0.2) is 36.1 Å². The second-order valence-electron chi connectivity index (χ2n) is 5.32. The number of epoxide rings is 1.